The molecule has 0 saturated carbocycles. The van der Waals surface area contributed by atoms with Gasteiger partial charge in [0.15, 0.2) is 0 Å². The first-order valence-electron chi connectivity index (χ1n) is 2.61. The highest BCUT2D eigenvalue weighted by molar-refractivity contribution is 7.84. The molecule has 0 heterocycles. The highest BCUT2D eigenvalue weighted by Gasteiger charge is 1.69. The largest absolute Gasteiger partial charge is 0.748 e. The summed E-state index contributed by atoms with van der Waals surface area (Å²) in [4.78, 5) is 0. The molecule has 0 aromatic rings. The molecule has 0 amide bonds. The molecule has 0 spiro atoms. The number of ether oxygens (including phenoxy) is 1. The summed E-state index contributed by atoms with van der Waals surface area (Å²) in [7, 11) is -2.24. The number of quaternary nitrogens is 1. The van der Waals surface area contributed by atoms with Crippen LogP contribution in [0.1, 0.15) is 0 Å². The molecule has 5 nitrogen and oxygen atoms in total. The van der Waals surface area contributed by atoms with Gasteiger partial charge in [0.1, 0.15) is 0 Å². The van der Waals surface area contributed by atoms with E-state index in [4.69, 9.17) is 13.0 Å². The lowest BCUT2D eigenvalue weighted by molar-refractivity contribution is -0.373. The van der Waals surface area contributed by atoms with Gasteiger partial charge in [0.05, 0.1) is 23.3 Å². The van der Waals surface area contributed by atoms with Gasteiger partial charge in [-0.25, -0.2) is 8.42 Å². The average Bonchev–Trinajstić information content (AvgIpc) is 1.63. The van der Waals surface area contributed by atoms with Gasteiger partial charge in [0, 0.05) is 13.4 Å². The Kier molecular flexibility index (Phi) is 8.68. The van der Waals surface area contributed by atoms with E-state index in [1.54, 1.807) is 7.11 Å². The van der Waals surface area contributed by atoms with Crippen molar-refractivity contribution < 1.29 is 23.4 Å². The van der Waals surface area contributed by atoms with Crippen LogP contribution < -0.4 is 5.73 Å². The molecule has 0 aliphatic carbocycles. The zero-order chi connectivity index (χ0) is 8.62. The molecule has 3 N–H and O–H groups in total. The number of hydrogen-bond acceptors (Lipinski definition) is 4. The average molecular weight is 171 g/mol. The van der Waals surface area contributed by atoms with Crippen LogP contribution in [0.3, 0.4) is 0 Å². The Labute approximate surface area is 60.9 Å². The van der Waals surface area contributed by atoms with Gasteiger partial charge in [-0.2, -0.15) is 0 Å². The Bertz CT molecular complexity index is 131. The number of hydrogen-bond donors (Lipinski definition) is 1. The molecule has 0 radical (unpaired) electrons. The fourth-order valence-electron chi connectivity index (χ4n) is 0.144. The van der Waals surface area contributed by atoms with Crippen LogP contribution >= 0.6 is 0 Å². The van der Waals surface area contributed by atoms with Crippen molar-refractivity contribution in [2.45, 2.75) is 0 Å². The van der Waals surface area contributed by atoms with Crippen LogP contribution in [0.25, 0.3) is 0 Å². The van der Waals surface area contributed by atoms with E-state index < -0.39 is 10.1 Å². The second kappa shape index (κ2) is 6.94. The van der Waals surface area contributed by atoms with Gasteiger partial charge in [-0.05, 0) is 0 Å². The van der Waals surface area contributed by atoms with E-state index in [-0.39, 0.29) is 0 Å². The molecule has 0 unspecified atom stereocenters. The topological polar surface area (TPSA) is 94.1 Å². The molecule has 64 valence electrons. The standard InChI is InChI=1S/C3H9NO.CH4O3S/c1-5-3-2-4;1-5(2,3)4/h2-4H2,1H3;1H3,(H,2,3,4). The molecule has 0 aromatic carbocycles. The lowest BCUT2D eigenvalue weighted by atomic mass is 10.7. The van der Waals surface area contributed by atoms with E-state index in [1.807, 2.05) is 0 Å². The van der Waals surface area contributed by atoms with Crippen molar-refractivity contribution in [2.75, 3.05) is 26.5 Å². The Hall–Kier alpha value is -0.170. The molecular weight excluding hydrogens is 158 g/mol. The summed E-state index contributed by atoms with van der Waals surface area (Å²) >= 11 is 0. The van der Waals surface area contributed by atoms with Crippen LogP contribution in [0.2, 0.25) is 0 Å². The van der Waals surface area contributed by atoms with Gasteiger partial charge in [0.25, 0.3) is 0 Å². The molecule has 0 aliphatic heterocycles. The van der Waals surface area contributed by atoms with Crippen molar-refractivity contribution in [3.05, 3.63) is 0 Å². The maximum absolute atomic E-state index is 9.08. The summed E-state index contributed by atoms with van der Waals surface area (Å²) in [6.45, 7) is 1.65. The predicted molar refractivity (Wildman–Crippen MR) is 35.3 cm³/mol. The van der Waals surface area contributed by atoms with Crippen molar-refractivity contribution in [3.8, 4) is 0 Å². The van der Waals surface area contributed by atoms with Crippen molar-refractivity contribution in [1.82, 2.24) is 0 Å². The van der Waals surface area contributed by atoms with Gasteiger partial charge < -0.3 is 15.0 Å². The minimum Gasteiger partial charge on any atom is -0.748 e. The molecule has 0 rings (SSSR count). The van der Waals surface area contributed by atoms with Crippen LogP contribution in [0, 0.1) is 0 Å². The first kappa shape index (κ1) is 12.5. The third-order valence-electron chi connectivity index (χ3n) is 0.348. The predicted octanol–water partition coefficient (Wildman–Crippen LogP) is -1.96. The second-order valence-electron chi connectivity index (χ2n) is 1.55. The minimum absolute atomic E-state index is 0.604. The lowest BCUT2D eigenvalue weighted by Crippen LogP contribution is -2.52. The van der Waals surface area contributed by atoms with Gasteiger partial charge in [-0.1, -0.05) is 0 Å². The SMILES string of the molecule is COCC[NH3+].CS(=O)(=O)[O-]. The number of rotatable bonds is 2. The molecule has 0 saturated heterocycles. The molecule has 0 fully saturated rings. The summed E-state index contributed by atoms with van der Waals surface area (Å²) in [6.07, 6.45) is 0.604. The van der Waals surface area contributed by atoms with Crippen molar-refractivity contribution in [2.24, 2.45) is 0 Å². The summed E-state index contributed by atoms with van der Waals surface area (Å²) in [5, 5.41) is 0. The van der Waals surface area contributed by atoms with Crippen LogP contribution in [0.4, 0.5) is 0 Å². The van der Waals surface area contributed by atoms with Crippen molar-refractivity contribution in [1.29, 1.82) is 0 Å². The van der Waals surface area contributed by atoms with E-state index in [1.165, 1.54) is 0 Å². The molecule has 0 bridgehead atoms. The van der Waals surface area contributed by atoms with Gasteiger partial charge in [-0.15, -0.1) is 0 Å². The van der Waals surface area contributed by atoms with Crippen LogP contribution in [-0.4, -0.2) is 39.5 Å². The quantitative estimate of drug-likeness (QED) is 0.488. The molecule has 10 heavy (non-hydrogen) atoms. The fraction of sp³-hybridized carbons (Fsp3) is 1.00. The van der Waals surface area contributed by atoms with Crippen molar-refractivity contribution >= 4 is 10.1 Å². The zero-order valence-electron chi connectivity index (χ0n) is 6.16. The van der Waals surface area contributed by atoms with Gasteiger partial charge in [-0.3, -0.25) is 0 Å². The molecule has 0 atom stereocenters. The third kappa shape index (κ3) is 109. The van der Waals surface area contributed by atoms with E-state index in [2.05, 4.69) is 10.5 Å². The molecule has 0 aliphatic rings. The van der Waals surface area contributed by atoms with E-state index in [0.717, 1.165) is 13.2 Å². The van der Waals surface area contributed by atoms with E-state index in [9.17, 15) is 0 Å². The zero-order valence-corrected chi connectivity index (χ0v) is 6.98. The summed E-state index contributed by atoms with van der Waals surface area (Å²) < 4.78 is 31.9. The van der Waals surface area contributed by atoms with E-state index >= 15 is 0 Å². The van der Waals surface area contributed by atoms with Crippen LogP contribution in [0.5, 0.6) is 0 Å². The second-order valence-corrected chi connectivity index (χ2v) is 2.96. The third-order valence-corrected chi connectivity index (χ3v) is 0.348. The summed E-state index contributed by atoms with van der Waals surface area (Å²) in [5.41, 5.74) is 3.55. The minimum atomic E-state index is -3.92. The smallest absolute Gasteiger partial charge is 0.0977 e. The van der Waals surface area contributed by atoms with Crippen LogP contribution in [-0.2, 0) is 14.9 Å². The van der Waals surface area contributed by atoms with Gasteiger partial charge >= 0.3 is 0 Å². The summed E-state index contributed by atoms with van der Waals surface area (Å²) in [5.74, 6) is 0. The molecule has 6 heteroatoms. The Morgan fingerprint density at radius 2 is 1.90 bits per heavy atom. The Morgan fingerprint density at radius 3 is 1.90 bits per heavy atom. The fourth-order valence-corrected chi connectivity index (χ4v) is 0.144. The first-order valence-corrected chi connectivity index (χ1v) is 4.42. The highest BCUT2D eigenvalue weighted by Crippen LogP contribution is 1.59. The number of methoxy groups -OCH3 is 1. The van der Waals surface area contributed by atoms with Crippen molar-refractivity contribution in [3.63, 3.8) is 0 Å². The molecule has 0 aromatic heterocycles. The maximum atomic E-state index is 9.08. The van der Waals surface area contributed by atoms with Crippen LogP contribution in [0.15, 0.2) is 0 Å². The Morgan fingerprint density at radius 1 is 1.60 bits per heavy atom. The van der Waals surface area contributed by atoms with E-state index in [0.29, 0.717) is 6.26 Å². The normalized spacial score (nSPS) is 10.0. The molecular formula is C4H13NO4S. The monoisotopic (exact) mass is 171 g/mol. The Balaban J connectivity index is 0. The van der Waals surface area contributed by atoms with Gasteiger partial charge in [0.2, 0.25) is 0 Å². The highest BCUT2D eigenvalue weighted by atomic mass is 32.2. The summed E-state index contributed by atoms with van der Waals surface area (Å²) in [6, 6.07) is 0. The maximum Gasteiger partial charge on any atom is 0.0977 e. The first-order chi connectivity index (χ1) is 4.41. The lowest BCUT2D eigenvalue weighted by Gasteiger charge is -1.90.